The van der Waals surface area contributed by atoms with Gasteiger partial charge in [0.2, 0.25) is 0 Å². The molecule has 5 heteroatoms. The first-order chi connectivity index (χ1) is 9.22. The van der Waals surface area contributed by atoms with Gasteiger partial charge in [-0.25, -0.2) is 4.98 Å². The van der Waals surface area contributed by atoms with Crippen LogP contribution in [-0.2, 0) is 11.3 Å². The van der Waals surface area contributed by atoms with Crippen LogP contribution in [0.3, 0.4) is 0 Å². The van der Waals surface area contributed by atoms with E-state index in [9.17, 15) is 0 Å². The summed E-state index contributed by atoms with van der Waals surface area (Å²) in [5.41, 5.74) is 1.14. The molecule has 4 nitrogen and oxygen atoms in total. The fourth-order valence-electron chi connectivity index (χ4n) is 1.82. The van der Waals surface area contributed by atoms with E-state index in [4.69, 9.17) is 9.72 Å². The lowest BCUT2D eigenvalue weighted by Crippen LogP contribution is -2.35. The van der Waals surface area contributed by atoms with Gasteiger partial charge in [-0.1, -0.05) is 13.8 Å². The van der Waals surface area contributed by atoms with E-state index in [2.05, 4.69) is 36.4 Å². The van der Waals surface area contributed by atoms with Gasteiger partial charge in [-0.15, -0.1) is 11.3 Å². The van der Waals surface area contributed by atoms with Crippen molar-refractivity contribution in [1.82, 2.24) is 10.3 Å². The molecule has 0 fully saturated rings. The Hall–Kier alpha value is -0.650. The van der Waals surface area contributed by atoms with Crippen molar-refractivity contribution in [2.75, 3.05) is 31.7 Å². The normalized spacial score (nSPS) is 12.6. The fourth-order valence-corrected chi connectivity index (χ4v) is 2.77. The van der Waals surface area contributed by atoms with E-state index in [0.717, 1.165) is 49.9 Å². The van der Waals surface area contributed by atoms with Crippen LogP contribution in [0.2, 0.25) is 0 Å². The minimum absolute atomic E-state index is 0.498. The zero-order valence-electron chi connectivity index (χ0n) is 12.6. The van der Waals surface area contributed by atoms with Gasteiger partial charge in [-0.05, 0) is 26.3 Å². The molecule has 1 rings (SSSR count). The number of ether oxygens (including phenoxy) is 1. The molecule has 110 valence electrons. The van der Waals surface area contributed by atoms with E-state index < -0.39 is 0 Å². The largest absolute Gasteiger partial charge is 0.383 e. The second-order valence-corrected chi connectivity index (χ2v) is 5.58. The van der Waals surface area contributed by atoms with Crippen LogP contribution < -0.4 is 10.2 Å². The number of hydrogen-bond donors (Lipinski definition) is 1. The second kappa shape index (κ2) is 9.28. The molecule has 0 aliphatic carbocycles. The standard InChI is InChI=1S/C14H27N3OS/c1-5-7-15-10-13-11-19-14(16-13)17(8-9-18-4)12(3)6-2/h11-12,15H,5-10H2,1-4H3. The van der Waals surface area contributed by atoms with E-state index in [-0.39, 0.29) is 0 Å². The van der Waals surface area contributed by atoms with Crippen LogP contribution in [0.25, 0.3) is 0 Å². The average Bonchev–Trinajstić information content (AvgIpc) is 2.88. The maximum absolute atomic E-state index is 5.20. The molecule has 0 saturated heterocycles. The number of anilines is 1. The lowest BCUT2D eigenvalue weighted by molar-refractivity contribution is 0.203. The highest BCUT2D eigenvalue weighted by Crippen LogP contribution is 2.23. The van der Waals surface area contributed by atoms with Crippen molar-refractivity contribution in [3.8, 4) is 0 Å². The van der Waals surface area contributed by atoms with Gasteiger partial charge in [0.15, 0.2) is 5.13 Å². The molecule has 1 aromatic rings. The van der Waals surface area contributed by atoms with Crippen molar-refractivity contribution in [2.24, 2.45) is 0 Å². The van der Waals surface area contributed by atoms with Crippen LogP contribution in [0.5, 0.6) is 0 Å². The Morgan fingerprint density at radius 1 is 1.47 bits per heavy atom. The number of nitrogens with zero attached hydrogens (tertiary/aromatic N) is 2. The molecule has 1 heterocycles. The molecule has 1 atom stereocenters. The number of hydrogen-bond acceptors (Lipinski definition) is 5. The van der Waals surface area contributed by atoms with Crippen LogP contribution in [0, 0.1) is 0 Å². The van der Waals surface area contributed by atoms with Crippen molar-refractivity contribution in [3.63, 3.8) is 0 Å². The molecule has 0 aromatic carbocycles. The van der Waals surface area contributed by atoms with Crippen molar-refractivity contribution < 1.29 is 4.74 Å². The molecule has 0 saturated carbocycles. The Bertz CT molecular complexity index is 343. The molecule has 0 bridgehead atoms. The average molecular weight is 285 g/mol. The summed E-state index contributed by atoms with van der Waals surface area (Å²) in [5, 5.41) is 6.65. The molecule has 0 radical (unpaired) electrons. The summed E-state index contributed by atoms with van der Waals surface area (Å²) in [7, 11) is 1.75. The lowest BCUT2D eigenvalue weighted by atomic mass is 10.2. The van der Waals surface area contributed by atoms with E-state index >= 15 is 0 Å². The van der Waals surface area contributed by atoms with Crippen molar-refractivity contribution >= 4 is 16.5 Å². The van der Waals surface area contributed by atoms with Crippen molar-refractivity contribution in [3.05, 3.63) is 11.1 Å². The van der Waals surface area contributed by atoms with Gasteiger partial charge in [-0.3, -0.25) is 0 Å². The molecule has 0 spiro atoms. The van der Waals surface area contributed by atoms with Gasteiger partial charge in [-0.2, -0.15) is 0 Å². The Morgan fingerprint density at radius 2 is 2.26 bits per heavy atom. The lowest BCUT2D eigenvalue weighted by Gasteiger charge is -2.27. The third-order valence-electron chi connectivity index (χ3n) is 3.18. The molecule has 0 aliphatic heterocycles. The summed E-state index contributed by atoms with van der Waals surface area (Å²) in [4.78, 5) is 7.08. The van der Waals surface area contributed by atoms with E-state index in [1.807, 2.05) is 0 Å². The quantitative estimate of drug-likeness (QED) is 0.671. The highest BCUT2D eigenvalue weighted by molar-refractivity contribution is 7.13. The summed E-state index contributed by atoms with van der Waals surface area (Å²) >= 11 is 1.73. The highest BCUT2D eigenvalue weighted by atomic mass is 32.1. The van der Waals surface area contributed by atoms with Crippen LogP contribution in [0.1, 0.15) is 39.3 Å². The van der Waals surface area contributed by atoms with Crippen LogP contribution in [-0.4, -0.2) is 37.8 Å². The van der Waals surface area contributed by atoms with Gasteiger partial charge in [0, 0.05) is 31.6 Å². The fraction of sp³-hybridized carbons (Fsp3) is 0.786. The minimum Gasteiger partial charge on any atom is -0.383 e. The number of methoxy groups -OCH3 is 1. The molecule has 1 aromatic heterocycles. The van der Waals surface area contributed by atoms with Crippen LogP contribution >= 0.6 is 11.3 Å². The van der Waals surface area contributed by atoms with Gasteiger partial charge in [0.25, 0.3) is 0 Å². The van der Waals surface area contributed by atoms with Crippen molar-refractivity contribution in [2.45, 2.75) is 46.2 Å². The monoisotopic (exact) mass is 285 g/mol. The molecule has 0 aliphatic rings. The third-order valence-corrected chi connectivity index (χ3v) is 4.10. The highest BCUT2D eigenvalue weighted by Gasteiger charge is 2.16. The first-order valence-corrected chi connectivity index (χ1v) is 8.01. The van der Waals surface area contributed by atoms with Gasteiger partial charge in [0.05, 0.1) is 12.3 Å². The zero-order valence-corrected chi connectivity index (χ0v) is 13.4. The third kappa shape index (κ3) is 5.47. The minimum atomic E-state index is 0.498. The summed E-state index contributed by atoms with van der Waals surface area (Å²) in [6.07, 6.45) is 2.27. The Morgan fingerprint density at radius 3 is 2.89 bits per heavy atom. The Labute approximate surface area is 121 Å². The molecular formula is C14H27N3OS. The molecule has 0 amide bonds. The van der Waals surface area contributed by atoms with Crippen molar-refractivity contribution in [1.29, 1.82) is 0 Å². The summed E-state index contributed by atoms with van der Waals surface area (Å²) in [6, 6.07) is 0.498. The second-order valence-electron chi connectivity index (χ2n) is 4.74. The topological polar surface area (TPSA) is 37.4 Å². The van der Waals surface area contributed by atoms with Gasteiger partial charge in [0.1, 0.15) is 0 Å². The predicted octanol–water partition coefficient (Wildman–Crippen LogP) is 2.89. The Balaban J connectivity index is 2.62. The summed E-state index contributed by atoms with van der Waals surface area (Å²) in [6.45, 7) is 10.2. The van der Waals surface area contributed by atoms with Gasteiger partial charge < -0.3 is 15.0 Å². The SMILES string of the molecule is CCCNCc1csc(N(CCOC)C(C)CC)n1. The van der Waals surface area contributed by atoms with E-state index in [1.165, 1.54) is 0 Å². The number of thiazole rings is 1. The van der Waals surface area contributed by atoms with E-state index in [1.54, 1.807) is 18.4 Å². The maximum atomic E-state index is 5.20. The number of rotatable bonds is 10. The zero-order chi connectivity index (χ0) is 14.1. The number of aromatic nitrogens is 1. The summed E-state index contributed by atoms with van der Waals surface area (Å²) < 4.78 is 5.20. The number of nitrogens with one attached hydrogen (secondary N) is 1. The van der Waals surface area contributed by atoms with E-state index in [0.29, 0.717) is 6.04 Å². The smallest absolute Gasteiger partial charge is 0.185 e. The molecule has 1 unspecified atom stereocenters. The van der Waals surface area contributed by atoms with Crippen LogP contribution in [0.15, 0.2) is 5.38 Å². The molecule has 19 heavy (non-hydrogen) atoms. The Kier molecular flexibility index (Phi) is 8.02. The van der Waals surface area contributed by atoms with Crippen LogP contribution in [0.4, 0.5) is 5.13 Å². The maximum Gasteiger partial charge on any atom is 0.185 e. The first kappa shape index (κ1) is 16.4. The summed E-state index contributed by atoms with van der Waals surface area (Å²) in [5.74, 6) is 0. The molecular weight excluding hydrogens is 258 g/mol. The van der Waals surface area contributed by atoms with Gasteiger partial charge >= 0.3 is 0 Å². The first-order valence-electron chi connectivity index (χ1n) is 7.13. The predicted molar refractivity (Wildman–Crippen MR) is 83.1 cm³/mol. The molecule has 1 N–H and O–H groups in total.